The van der Waals surface area contributed by atoms with Gasteiger partial charge in [-0.2, -0.15) is 0 Å². The molecule has 0 aromatic heterocycles. The summed E-state index contributed by atoms with van der Waals surface area (Å²) in [4.78, 5) is 12.3. The number of hydrogen-bond donors (Lipinski definition) is 1. The van der Waals surface area contributed by atoms with Crippen LogP contribution in [0.3, 0.4) is 0 Å². The van der Waals surface area contributed by atoms with Crippen LogP contribution in [0.2, 0.25) is 5.02 Å². The van der Waals surface area contributed by atoms with E-state index in [1.165, 1.54) is 10.5 Å². The summed E-state index contributed by atoms with van der Waals surface area (Å²) in [5, 5.41) is 11.9. The molecule has 0 unspecified atom stereocenters. The lowest BCUT2D eigenvalue weighted by molar-refractivity contribution is -0.136. The van der Waals surface area contributed by atoms with Crippen LogP contribution in [0.4, 0.5) is 0 Å². The predicted octanol–water partition coefficient (Wildman–Crippen LogP) is 5.43. The number of benzene rings is 3. The summed E-state index contributed by atoms with van der Waals surface area (Å²) < 4.78 is 0. The summed E-state index contributed by atoms with van der Waals surface area (Å²) in [7, 11) is 0. The summed E-state index contributed by atoms with van der Waals surface area (Å²) >= 11 is 7.88. The highest BCUT2D eigenvalue weighted by Crippen LogP contribution is 2.27. The first-order valence-corrected chi connectivity index (χ1v) is 9.21. The number of hydrogen-bond acceptors (Lipinski definition) is 2. The van der Waals surface area contributed by atoms with Crippen molar-refractivity contribution in [2.45, 2.75) is 17.7 Å². The molecule has 0 spiro atoms. The maximum absolute atomic E-state index is 11.1. The second-order valence-corrected chi connectivity index (χ2v) is 7.03. The summed E-state index contributed by atoms with van der Waals surface area (Å²) in [5.74, 6) is -0.821. The van der Waals surface area contributed by atoms with Crippen LogP contribution in [0, 0.1) is 0 Å². The average molecular weight is 357 g/mol. The minimum atomic E-state index is -0.821. The summed E-state index contributed by atoms with van der Waals surface area (Å²) in [6, 6.07) is 18.1. The van der Waals surface area contributed by atoms with Crippen LogP contribution < -0.4 is 0 Å². The van der Waals surface area contributed by atoms with Crippen molar-refractivity contribution < 1.29 is 9.90 Å². The van der Waals surface area contributed by atoms with Gasteiger partial charge in [0.2, 0.25) is 0 Å². The molecule has 2 nitrogen and oxygen atoms in total. The maximum Gasteiger partial charge on any atom is 0.307 e. The Hall–Kier alpha value is -1.97. The highest BCUT2D eigenvalue weighted by molar-refractivity contribution is 7.98. The van der Waals surface area contributed by atoms with Gasteiger partial charge in [-0.05, 0) is 64.4 Å². The van der Waals surface area contributed by atoms with Gasteiger partial charge in [-0.25, -0.2) is 0 Å². The smallest absolute Gasteiger partial charge is 0.307 e. The van der Waals surface area contributed by atoms with Crippen molar-refractivity contribution in [3.8, 4) is 0 Å². The van der Waals surface area contributed by atoms with Gasteiger partial charge in [0.1, 0.15) is 0 Å². The van der Waals surface area contributed by atoms with Gasteiger partial charge in [0.05, 0.1) is 6.42 Å². The molecule has 1 N–H and O–H groups in total. The molecule has 0 atom stereocenters. The van der Waals surface area contributed by atoms with E-state index in [2.05, 4.69) is 30.5 Å². The van der Waals surface area contributed by atoms with Crippen molar-refractivity contribution in [2.75, 3.05) is 6.26 Å². The molecule has 24 heavy (non-hydrogen) atoms. The van der Waals surface area contributed by atoms with Gasteiger partial charge >= 0.3 is 5.97 Å². The quantitative estimate of drug-likeness (QED) is 0.619. The number of carbonyl (C=O) groups is 1. The lowest BCUT2D eigenvalue weighted by atomic mass is 9.95. The highest BCUT2D eigenvalue weighted by atomic mass is 35.5. The van der Waals surface area contributed by atoms with E-state index in [0.29, 0.717) is 5.02 Å². The fourth-order valence-electron chi connectivity index (χ4n) is 2.86. The standard InChI is InChI=1S/C20H17ClO2S/c1-24-18-6-2-13(3-7-18)8-16-10-14(11-20(22)23)9-15-4-5-17(21)12-19(15)16/h2-7,9-10,12H,8,11H2,1H3,(H,22,23). The zero-order chi connectivity index (χ0) is 17.1. The van der Waals surface area contributed by atoms with Crippen LogP contribution in [0.5, 0.6) is 0 Å². The average Bonchev–Trinajstić information content (AvgIpc) is 2.55. The minimum Gasteiger partial charge on any atom is -0.481 e. The Morgan fingerprint density at radius 3 is 2.46 bits per heavy atom. The Balaban J connectivity index is 2.05. The molecule has 0 radical (unpaired) electrons. The summed E-state index contributed by atoms with van der Waals surface area (Å²) in [6.45, 7) is 0. The zero-order valence-corrected chi connectivity index (χ0v) is 14.8. The van der Waals surface area contributed by atoms with Crippen molar-refractivity contribution in [3.05, 3.63) is 76.3 Å². The van der Waals surface area contributed by atoms with E-state index in [9.17, 15) is 4.79 Å². The third-order valence-corrected chi connectivity index (χ3v) is 4.95. The Bertz CT molecular complexity index is 888. The van der Waals surface area contributed by atoms with Crippen molar-refractivity contribution in [1.29, 1.82) is 0 Å². The zero-order valence-electron chi connectivity index (χ0n) is 13.3. The van der Waals surface area contributed by atoms with Gasteiger partial charge in [0, 0.05) is 9.92 Å². The fraction of sp³-hybridized carbons (Fsp3) is 0.150. The predicted molar refractivity (Wildman–Crippen MR) is 101 cm³/mol. The number of fused-ring (bicyclic) bond motifs is 1. The lowest BCUT2D eigenvalue weighted by Crippen LogP contribution is -2.01. The molecule has 3 aromatic carbocycles. The van der Waals surface area contributed by atoms with Crippen molar-refractivity contribution in [1.82, 2.24) is 0 Å². The third-order valence-electron chi connectivity index (χ3n) is 3.97. The number of carboxylic acid groups (broad SMARTS) is 1. The van der Waals surface area contributed by atoms with Crippen LogP contribution in [0.15, 0.2) is 59.5 Å². The Morgan fingerprint density at radius 1 is 1.04 bits per heavy atom. The molecule has 0 bridgehead atoms. The number of aliphatic carboxylic acids is 1. The second kappa shape index (κ2) is 7.29. The van der Waals surface area contributed by atoms with E-state index in [0.717, 1.165) is 28.3 Å². The van der Waals surface area contributed by atoms with Gasteiger partial charge in [-0.3, -0.25) is 4.79 Å². The molecule has 0 fully saturated rings. The normalized spacial score (nSPS) is 10.9. The molecule has 122 valence electrons. The Morgan fingerprint density at radius 2 is 1.79 bits per heavy atom. The Labute approximate surface area is 150 Å². The van der Waals surface area contributed by atoms with Gasteiger partial charge in [-0.1, -0.05) is 41.9 Å². The van der Waals surface area contributed by atoms with Gasteiger partial charge in [-0.15, -0.1) is 11.8 Å². The lowest BCUT2D eigenvalue weighted by Gasteiger charge is -2.11. The SMILES string of the molecule is CSc1ccc(Cc2cc(CC(=O)O)cc3ccc(Cl)cc23)cc1. The van der Waals surface area contributed by atoms with Crippen molar-refractivity contribution >= 4 is 40.1 Å². The molecule has 0 aliphatic carbocycles. The van der Waals surface area contributed by atoms with Gasteiger partial charge < -0.3 is 5.11 Å². The summed E-state index contributed by atoms with van der Waals surface area (Å²) in [6.07, 6.45) is 2.83. The molecule has 0 saturated heterocycles. The van der Waals surface area contributed by atoms with Crippen LogP contribution in [-0.4, -0.2) is 17.3 Å². The first-order chi connectivity index (χ1) is 11.5. The number of carboxylic acids is 1. The molecular weight excluding hydrogens is 340 g/mol. The third kappa shape index (κ3) is 3.92. The van der Waals surface area contributed by atoms with E-state index in [1.807, 2.05) is 30.3 Å². The number of rotatable bonds is 5. The maximum atomic E-state index is 11.1. The second-order valence-electron chi connectivity index (χ2n) is 5.72. The molecular formula is C20H17ClO2S. The van der Waals surface area contributed by atoms with E-state index in [4.69, 9.17) is 16.7 Å². The largest absolute Gasteiger partial charge is 0.481 e. The number of thioether (sulfide) groups is 1. The Kier molecular flexibility index (Phi) is 5.12. The molecule has 0 heterocycles. The van der Waals surface area contributed by atoms with E-state index in [-0.39, 0.29) is 6.42 Å². The number of halogens is 1. The van der Waals surface area contributed by atoms with Crippen molar-refractivity contribution in [3.63, 3.8) is 0 Å². The molecule has 0 aliphatic rings. The van der Waals surface area contributed by atoms with Crippen LogP contribution >= 0.6 is 23.4 Å². The molecule has 3 aromatic rings. The molecule has 0 saturated carbocycles. The molecule has 4 heteroatoms. The van der Waals surface area contributed by atoms with Crippen LogP contribution in [-0.2, 0) is 17.6 Å². The molecule has 0 amide bonds. The van der Waals surface area contributed by atoms with Gasteiger partial charge in [0.25, 0.3) is 0 Å². The first-order valence-electron chi connectivity index (χ1n) is 7.61. The van der Waals surface area contributed by atoms with Gasteiger partial charge in [0.15, 0.2) is 0 Å². The summed E-state index contributed by atoms with van der Waals surface area (Å²) in [5.41, 5.74) is 3.11. The topological polar surface area (TPSA) is 37.3 Å². The first kappa shape index (κ1) is 16.9. The van der Waals surface area contributed by atoms with E-state index < -0.39 is 5.97 Å². The van der Waals surface area contributed by atoms with Crippen molar-refractivity contribution in [2.24, 2.45) is 0 Å². The van der Waals surface area contributed by atoms with Crippen LogP contribution in [0.25, 0.3) is 10.8 Å². The minimum absolute atomic E-state index is 0.0248. The highest BCUT2D eigenvalue weighted by Gasteiger charge is 2.09. The fourth-order valence-corrected chi connectivity index (χ4v) is 3.44. The molecule has 0 aliphatic heterocycles. The van der Waals surface area contributed by atoms with E-state index in [1.54, 1.807) is 11.8 Å². The van der Waals surface area contributed by atoms with Crippen LogP contribution in [0.1, 0.15) is 16.7 Å². The van der Waals surface area contributed by atoms with E-state index >= 15 is 0 Å². The monoisotopic (exact) mass is 356 g/mol. The molecule has 3 rings (SSSR count).